The van der Waals surface area contributed by atoms with Gasteiger partial charge >= 0.3 is 0 Å². The lowest BCUT2D eigenvalue weighted by atomic mass is 9.74. The highest BCUT2D eigenvalue weighted by Crippen LogP contribution is 2.54. The summed E-state index contributed by atoms with van der Waals surface area (Å²) < 4.78 is 7.99. The zero-order chi connectivity index (χ0) is 18.2. The van der Waals surface area contributed by atoms with Gasteiger partial charge in [-0.1, -0.05) is 0 Å². The highest BCUT2D eigenvalue weighted by atomic mass is 16.5. The fourth-order valence-corrected chi connectivity index (χ4v) is 5.50. The van der Waals surface area contributed by atoms with Crippen LogP contribution in [0.1, 0.15) is 34.6 Å². The molecule has 1 amide bonds. The molecule has 2 aromatic heterocycles. The van der Waals surface area contributed by atoms with Crippen molar-refractivity contribution >= 4 is 16.9 Å². The molecule has 5 heterocycles. The molecular weight excluding hydrogens is 332 g/mol. The number of amides is 1. The molecule has 0 saturated carbocycles. The first-order valence-electron chi connectivity index (χ1n) is 9.32. The maximum absolute atomic E-state index is 13.4. The van der Waals surface area contributed by atoms with Gasteiger partial charge in [0, 0.05) is 37.7 Å². The first-order valence-corrected chi connectivity index (χ1v) is 9.32. The average molecular weight is 356 g/mol. The average Bonchev–Trinajstić information content (AvgIpc) is 3.32. The molecule has 26 heavy (non-hydrogen) atoms. The van der Waals surface area contributed by atoms with E-state index in [-0.39, 0.29) is 36.1 Å². The number of nitrogens with zero attached hydrogens (tertiary/aromatic N) is 4. The van der Waals surface area contributed by atoms with E-state index in [1.807, 2.05) is 31.9 Å². The Hall–Kier alpha value is -1.99. The Morgan fingerprint density at radius 1 is 1.46 bits per heavy atom. The number of aromatic nitrogens is 3. The van der Waals surface area contributed by atoms with E-state index in [4.69, 9.17) is 4.74 Å². The summed E-state index contributed by atoms with van der Waals surface area (Å²) in [7, 11) is 1.85. The lowest BCUT2D eigenvalue weighted by Gasteiger charge is -2.27. The van der Waals surface area contributed by atoms with Gasteiger partial charge in [0.25, 0.3) is 5.91 Å². The van der Waals surface area contributed by atoms with E-state index in [9.17, 15) is 9.90 Å². The molecule has 1 spiro atoms. The molecule has 0 aromatic carbocycles. The largest absolute Gasteiger partial charge is 0.396 e. The highest BCUT2D eigenvalue weighted by molar-refractivity contribution is 6.06. The summed E-state index contributed by atoms with van der Waals surface area (Å²) in [4.78, 5) is 19.9. The normalized spacial score (nSPS) is 32.6. The molecule has 2 aromatic rings. The van der Waals surface area contributed by atoms with Crippen molar-refractivity contribution in [2.45, 2.75) is 38.4 Å². The smallest absolute Gasteiger partial charge is 0.254 e. The van der Waals surface area contributed by atoms with Crippen molar-refractivity contribution in [1.82, 2.24) is 19.7 Å². The van der Waals surface area contributed by atoms with Crippen LogP contribution in [0.4, 0.5) is 0 Å². The van der Waals surface area contributed by atoms with Gasteiger partial charge in [0.05, 0.1) is 34.9 Å². The molecule has 0 radical (unpaired) electrons. The lowest BCUT2D eigenvalue weighted by Crippen LogP contribution is -2.38. The number of likely N-dealkylation sites (tertiary alicyclic amines) is 1. The number of ether oxygens (including phenoxy) is 1. The van der Waals surface area contributed by atoms with Gasteiger partial charge in [-0.2, -0.15) is 5.10 Å². The summed E-state index contributed by atoms with van der Waals surface area (Å²) in [6, 6.07) is 1.87. The first-order chi connectivity index (χ1) is 12.4. The van der Waals surface area contributed by atoms with Crippen molar-refractivity contribution in [2.75, 3.05) is 19.7 Å². The summed E-state index contributed by atoms with van der Waals surface area (Å²) in [5.74, 6) is 0.411. The standard InChI is InChI=1S/C19H24N4O3/c1-10-6-12(16-11(2)21-22(3)17(16)20-10)18(25)23-7-14-13(8-24)15-4-5-19(14,9-23)26-15/h6,13-15,24H,4-5,7-9H2,1-3H3/t13-,14+,15+,19+/m1/s1. The van der Waals surface area contributed by atoms with Crippen LogP contribution in [0.15, 0.2) is 6.07 Å². The minimum atomic E-state index is -0.251. The van der Waals surface area contributed by atoms with Crippen LogP contribution in [0.25, 0.3) is 11.0 Å². The number of carbonyl (C=O) groups is 1. The Labute approximate surface area is 151 Å². The van der Waals surface area contributed by atoms with Gasteiger partial charge in [-0.25, -0.2) is 4.98 Å². The molecule has 7 nitrogen and oxygen atoms in total. The molecule has 2 bridgehead atoms. The summed E-state index contributed by atoms with van der Waals surface area (Å²) in [5, 5.41) is 15.1. The van der Waals surface area contributed by atoms with E-state index in [1.54, 1.807) is 4.68 Å². The molecule has 3 saturated heterocycles. The quantitative estimate of drug-likeness (QED) is 0.874. The van der Waals surface area contributed by atoms with Crippen LogP contribution in [0.5, 0.6) is 0 Å². The van der Waals surface area contributed by atoms with Gasteiger partial charge in [-0.3, -0.25) is 9.48 Å². The third-order valence-electron chi connectivity index (χ3n) is 6.61. The van der Waals surface area contributed by atoms with Crippen LogP contribution >= 0.6 is 0 Å². The van der Waals surface area contributed by atoms with E-state index < -0.39 is 0 Å². The molecule has 3 aliphatic rings. The third-order valence-corrected chi connectivity index (χ3v) is 6.61. The number of pyridine rings is 1. The molecule has 0 aliphatic carbocycles. The Morgan fingerprint density at radius 2 is 2.27 bits per heavy atom. The second-order valence-electron chi connectivity index (χ2n) is 8.12. The number of hydrogen-bond acceptors (Lipinski definition) is 5. The molecule has 5 rings (SSSR count). The van der Waals surface area contributed by atoms with Crippen LogP contribution < -0.4 is 0 Å². The van der Waals surface area contributed by atoms with Crippen LogP contribution in [0, 0.1) is 25.7 Å². The molecule has 138 valence electrons. The van der Waals surface area contributed by atoms with Crippen molar-refractivity contribution in [3.05, 3.63) is 23.0 Å². The monoisotopic (exact) mass is 356 g/mol. The molecule has 4 atom stereocenters. The minimum absolute atomic E-state index is 0.0177. The third kappa shape index (κ3) is 1.98. The van der Waals surface area contributed by atoms with Gasteiger partial charge in [0.2, 0.25) is 0 Å². The van der Waals surface area contributed by atoms with Crippen molar-refractivity contribution in [1.29, 1.82) is 0 Å². The molecular formula is C19H24N4O3. The number of hydrogen-bond donors (Lipinski definition) is 1. The van der Waals surface area contributed by atoms with Crippen molar-refractivity contribution in [3.8, 4) is 0 Å². The van der Waals surface area contributed by atoms with Gasteiger partial charge in [-0.05, 0) is 32.8 Å². The van der Waals surface area contributed by atoms with Crippen molar-refractivity contribution in [2.24, 2.45) is 18.9 Å². The van der Waals surface area contributed by atoms with Crippen LogP contribution in [-0.2, 0) is 11.8 Å². The first kappa shape index (κ1) is 16.2. The topological polar surface area (TPSA) is 80.5 Å². The summed E-state index contributed by atoms with van der Waals surface area (Å²) in [5.41, 5.74) is 2.80. The maximum Gasteiger partial charge on any atom is 0.254 e. The SMILES string of the molecule is Cc1cc(C(=O)N2C[C@H]3[C@@H](CO)[C@@H]4CC[C@@]3(C2)O4)c2c(C)nn(C)c2n1. The zero-order valence-corrected chi connectivity index (χ0v) is 15.4. The Kier molecular flexibility index (Phi) is 3.28. The van der Waals surface area contributed by atoms with E-state index in [1.165, 1.54) is 0 Å². The Morgan fingerprint density at radius 3 is 3.04 bits per heavy atom. The summed E-state index contributed by atoms with van der Waals surface area (Å²) >= 11 is 0. The second kappa shape index (κ2) is 5.27. The molecule has 0 unspecified atom stereocenters. The molecule has 1 N–H and O–H groups in total. The second-order valence-corrected chi connectivity index (χ2v) is 8.12. The number of aliphatic hydroxyl groups is 1. The highest BCUT2D eigenvalue weighted by Gasteiger charge is 2.63. The van der Waals surface area contributed by atoms with E-state index in [2.05, 4.69) is 10.1 Å². The Bertz CT molecular complexity index is 923. The van der Waals surface area contributed by atoms with Gasteiger partial charge in [-0.15, -0.1) is 0 Å². The molecule has 3 aliphatic heterocycles. The maximum atomic E-state index is 13.4. The fourth-order valence-electron chi connectivity index (χ4n) is 5.50. The summed E-state index contributed by atoms with van der Waals surface area (Å²) in [6.45, 7) is 5.23. The van der Waals surface area contributed by atoms with Crippen LogP contribution in [0.3, 0.4) is 0 Å². The van der Waals surface area contributed by atoms with E-state index >= 15 is 0 Å². The van der Waals surface area contributed by atoms with Crippen LogP contribution in [0.2, 0.25) is 0 Å². The fraction of sp³-hybridized carbons (Fsp3) is 0.632. The number of carbonyl (C=O) groups excluding carboxylic acids is 1. The van der Waals surface area contributed by atoms with Gasteiger partial charge < -0.3 is 14.7 Å². The van der Waals surface area contributed by atoms with Gasteiger partial charge in [0.1, 0.15) is 0 Å². The molecule has 3 fully saturated rings. The van der Waals surface area contributed by atoms with Crippen LogP contribution in [-0.4, -0.2) is 62.1 Å². The predicted octanol–water partition coefficient (Wildman–Crippen LogP) is 1.20. The predicted molar refractivity (Wildman–Crippen MR) is 94.8 cm³/mol. The minimum Gasteiger partial charge on any atom is -0.396 e. The zero-order valence-electron chi connectivity index (χ0n) is 15.4. The number of aliphatic hydroxyl groups excluding tert-OH is 1. The van der Waals surface area contributed by atoms with E-state index in [0.29, 0.717) is 18.7 Å². The van der Waals surface area contributed by atoms with E-state index in [0.717, 1.165) is 35.3 Å². The number of fused-ring (bicyclic) bond motifs is 2. The summed E-state index contributed by atoms with van der Waals surface area (Å²) in [6.07, 6.45) is 2.14. The lowest BCUT2D eigenvalue weighted by molar-refractivity contribution is 0.00156. The van der Waals surface area contributed by atoms with Crippen molar-refractivity contribution < 1.29 is 14.6 Å². The Balaban J connectivity index is 1.53. The molecule has 7 heteroatoms. The van der Waals surface area contributed by atoms with Gasteiger partial charge in [0.15, 0.2) is 5.65 Å². The number of rotatable bonds is 2. The van der Waals surface area contributed by atoms with Crippen molar-refractivity contribution in [3.63, 3.8) is 0 Å². The number of aryl methyl sites for hydroxylation is 3.